The number of amides is 1. The van der Waals surface area contributed by atoms with E-state index in [-0.39, 0.29) is 17.8 Å². The molecule has 28 heavy (non-hydrogen) atoms. The Morgan fingerprint density at radius 2 is 2.11 bits per heavy atom. The van der Waals surface area contributed by atoms with E-state index < -0.39 is 18.4 Å². The molecule has 1 atom stereocenters. The zero-order chi connectivity index (χ0) is 20.4. The van der Waals surface area contributed by atoms with Crippen LogP contribution < -0.4 is 4.90 Å². The molecule has 0 spiro atoms. The molecular weight excluding hydrogens is 371 g/mol. The van der Waals surface area contributed by atoms with Gasteiger partial charge in [0.2, 0.25) is 6.29 Å². The van der Waals surface area contributed by atoms with E-state index in [1.165, 1.54) is 6.07 Å². The number of halogens is 3. The number of hydrogen-bond donors (Lipinski definition) is 0. The summed E-state index contributed by atoms with van der Waals surface area (Å²) in [5.41, 5.74) is 0.367. The molecule has 0 aromatic heterocycles. The summed E-state index contributed by atoms with van der Waals surface area (Å²) in [6, 6.07) is 6.21. The summed E-state index contributed by atoms with van der Waals surface area (Å²) in [5, 5.41) is 0. The molecule has 1 aliphatic rings. The van der Waals surface area contributed by atoms with Crippen LogP contribution in [0.2, 0.25) is 0 Å². The van der Waals surface area contributed by atoms with Gasteiger partial charge in [-0.3, -0.25) is 9.69 Å². The number of unbranched alkanes of at least 4 members (excludes halogenated alkanes) is 1. The number of nitrogens with zero attached hydrogens (tertiary/aromatic N) is 1. The van der Waals surface area contributed by atoms with Crippen molar-refractivity contribution >= 4 is 11.6 Å². The van der Waals surface area contributed by atoms with Gasteiger partial charge in [-0.25, -0.2) is 0 Å². The van der Waals surface area contributed by atoms with Crippen molar-refractivity contribution < 1.29 is 27.4 Å². The van der Waals surface area contributed by atoms with Crippen molar-refractivity contribution in [1.29, 1.82) is 0 Å². The lowest BCUT2D eigenvalue weighted by molar-refractivity contribution is -0.170. The second kappa shape index (κ2) is 10.8. The van der Waals surface area contributed by atoms with Crippen molar-refractivity contribution in [2.24, 2.45) is 0 Å². The normalized spacial score (nSPS) is 17.1. The van der Waals surface area contributed by atoms with E-state index in [4.69, 9.17) is 9.47 Å². The van der Waals surface area contributed by atoms with Gasteiger partial charge in [0.25, 0.3) is 0 Å². The first kappa shape index (κ1) is 21.8. The van der Waals surface area contributed by atoms with Crippen LogP contribution >= 0.6 is 0 Å². The number of anilines is 1. The molecule has 1 saturated heterocycles. The van der Waals surface area contributed by atoms with Gasteiger partial charge in [-0.05, 0) is 37.3 Å². The molecule has 1 heterocycles. The van der Waals surface area contributed by atoms with Gasteiger partial charge in [-0.2, -0.15) is 13.2 Å². The molecule has 1 aliphatic heterocycles. The summed E-state index contributed by atoms with van der Waals surface area (Å²) in [5.74, 6) is 0.780. The molecule has 4 nitrogen and oxygen atoms in total. The minimum absolute atomic E-state index is 0.0895. The number of carbonyl (C=O) groups is 1. The quantitative estimate of drug-likeness (QED) is 0.514. The van der Waals surface area contributed by atoms with Crippen molar-refractivity contribution in [1.82, 2.24) is 0 Å². The standard InChI is InChI=1S/C21H24F3NO3/c1-2-3-4-8-14-25(20(26)21(22,23)24)18-11-6-5-10-17(18)13-16-28-19-12-7-9-15-27-19/h4-6,8,10-11,19H,2-3,7,9,12,14-15H2,1H3/b8-4+. The highest BCUT2D eigenvalue weighted by Crippen LogP contribution is 2.26. The number of rotatable bonds is 6. The summed E-state index contributed by atoms with van der Waals surface area (Å²) >= 11 is 0. The zero-order valence-electron chi connectivity index (χ0n) is 15.8. The van der Waals surface area contributed by atoms with E-state index in [1.54, 1.807) is 30.4 Å². The van der Waals surface area contributed by atoms with Gasteiger partial charge in [0.1, 0.15) is 6.11 Å². The molecule has 152 valence electrons. The Balaban J connectivity index is 2.23. The van der Waals surface area contributed by atoms with Crippen molar-refractivity contribution in [3.8, 4) is 12.0 Å². The lowest BCUT2D eigenvalue weighted by Crippen LogP contribution is -2.41. The number of benzene rings is 1. The predicted molar refractivity (Wildman–Crippen MR) is 100 cm³/mol. The van der Waals surface area contributed by atoms with Gasteiger partial charge < -0.3 is 9.47 Å². The molecule has 0 aliphatic carbocycles. The van der Waals surface area contributed by atoms with Crippen LogP contribution in [0.15, 0.2) is 36.4 Å². The SMILES string of the molecule is CCC/C=C/CN(C(=O)C(F)(F)F)c1ccccc1C#COC1CCCCO1. The van der Waals surface area contributed by atoms with Crippen LogP contribution in [0.3, 0.4) is 0 Å². The van der Waals surface area contributed by atoms with Crippen LogP contribution in [0.25, 0.3) is 0 Å². The lowest BCUT2D eigenvalue weighted by Gasteiger charge is -2.23. The third-order valence-electron chi connectivity index (χ3n) is 4.11. The fraction of sp³-hybridized carbons (Fsp3) is 0.476. The monoisotopic (exact) mass is 395 g/mol. The fourth-order valence-corrected chi connectivity index (χ4v) is 2.68. The topological polar surface area (TPSA) is 38.8 Å². The highest BCUT2D eigenvalue weighted by Gasteiger charge is 2.43. The molecule has 1 aromatic rings. The van der Waals surface area contributed by atoms with Crippen molar-refractivity contribution in [2.45, 2.75) is 51.5 Å². The lowest BCUT2D eigenvalue weighted by atomic mass is 10.1. The smallest absolute Gasteiger partial charge is 0.414 e. The highest BCUT2D eigenvalue weighted by molar-refractivity contribution is 5.98. The Labute approximate surface area is 163 Å². The van der Waals surface area contributed by atoms with Crippen LogP contribution in [0.4, 0.5) is 18.9 Å². The Bertz CT molecular complexity index is 728. The maximum atomic E-state index is 13.1. The largest absolute Gasteiger partial charge is 0.471 e. The minimum Gasteiger partial charge on any atom is -0.414 e. The van der Waals surface area contributed by atoms with E-state index >= 15 is 0 Å². The summed E-state index contributed by atoms with van der Waals surface area (Å²) in [7, 11) is 0. The first-order valence-corrected chi connectivity index (χ1v) is 9.34. The first-order valence-electron chi connectivity index (χ1n) is 9.34. The third-order valence-corrected chi connectivity index (χ3v) is 4.11. The van der Waals surface area contributed by atoms with Crippen LogP contribution in [0.1, 0.15) is 44.6 Å². The van der Waals surface area contributed by atoms with Gasteiger partial charge in [0.15, 0.2) is 0 Å². The number of carbonyl (C=O) groups excluding carboxylic acids is 1. The number of allylic oxidation sites excluding steroid dienone is 1. The second-order valence-electron chi connectivity index (χ2n) is 6.33. The Morgan fingerprint density at radius 1 is 1.32 bits per heavy atom. The number of hydrogen-bond acceptors (Lipinski definition) is 3. The molecule has 1 aromatic carbocycles. The highest BCUT2D eigenvalue weighted by atomic mass is 19.4. The Hall–Kier alpha value is -2.46. The van der Waals surface area contributed by atoms with Crippen LogP contribution in [-0.2, 0) is 14.3 Å². The van der Waals surface area contributed by atoms with Gasteiger partial charge in [0.05, 0.1) is 17.9 Å². The molecule has 1 amide bonds. The van der Waals surface area contributed by atoms with Gasteiger partial charge in [-0.1, -0.05) is 37.6 Å². The second-order valence-corrected chi connectivity index (χ2v) is 6.33. The molecule has 1 unspecified atom stereocenters. The van der Waals surface area contributed by atoms with E-state index in [2.05, 4.69) is 12.0 Å². The van der Waals surface area contributed by atoms with Gasteiger partial charge >= 0.3 is 12.1 Å². The summed E-state index contributed by atoms with van der Waals surface area (Å²) in [6.07, 6.45) is 4.67. The van der Waals surface area contributed by atoms with Crippen molar-refractivity contribution in [3.05, 3.63) is 42.0 Å². The summed E-state index contributed by atoms with van der Waals surface area (Å²) in [4.78, 5) is 12.7. The van der Waals surface area contributed by atoms with Crippen LogP contribution in [0, 0.1) is 12.0 Å². The minimum atomic E-state index is -4.98. The number of para-hydroxylation sites is 1. The van der Waals surface area contributed by atoms with Crippen molar-refractivity contribution in [2.75, 3.05) is 18.1 Å². The van der Waals surface area contributed by atoms with Gasteiger partial charge in [-0.15, -0.1) is 0 Å². The van der Waals surface area contributed by atoms with Crippen LogP contribution in [-0.4, -0.2) is 31.5 Å². The molecule has 0 saturated carbocycles. The molecule has 0 bridgehead atoms. The summed E-state index contributed by atoms with van der Waals surface area (Å²) in [6.45, 7) is 2.37. The number of ether oxygens (including phenoxy) is 2. The van der Waals surface area contributed by atoms with E-state index in [0.717, 1.165) is 32.1 Å². The fourth-order valence-electron chi connectivity index (χ4n) is 2.68. The predicted octanol–water partition coefficient (Wildman–Crippen LogP) is 4.79. The van der Waals surface area contributed by atoms with Crippen LogP contribution in [0.5, 0.6) is 0 Å². The first-order chi connectivity index (χ1) is 13.4. The Kier molecular flexibility index (Phi) is 8.40. The van der Waals surface area contributed by atoms with Crippen molar-refractivity contribution in [3.63, 3.8) is 0 Å². The van der Waals surface area contributed by atoms with E-state index in [1.807, 2.05) is 6.92 Å². The number of alkyl halides is 3. The molecule has 0 radical (unpaired) electrons. The average Bonchev–Trinajstić information content (AvgIpc) is 2.68. The zero-order valence-corrected chi connectivity index (χ0v) is 15.8. The third kappa shape index (κ3) is 6.61. The van der Waals surface area contributed by atoms with E-state index in [0.29, 0.717) is 11.5 Å². The van der Waals surface area contributed by atoms with E-state index in [9.17, 15) is 18.0 Å². The molecule has 1 fully saturated rings. The Morgan fingerprint density at radius 3 is 2.79 bits per heavy atom. The molecular formula is C21H24F3NO3. The summed E-state index contributed by atoms with van der Waals surface area (Å²) < 4.78 is 50.0. The molecule has 7 heteroatoms. The molecule has 0 N–H and O–H groups in total. The maximum Gasteiger partial charge on any atom is 0.471 e. The van der Waals surface area contributed by atoms with Gasteiger partial charge in [0, 0.05) is 13.0 Å². The average molecular weight is 395 g/mol. The molecule has 2 rings (SSSR count). The maximum absolute atomic E-state index is 13.1.